The fourth-order valence-corrected chi connectivity index (χ4v) is 1.87. The van der Waals surface area contributed by atoms with Crippen LogP contribution in [-0.4, -0.2) is 44.8 Å². The number of hydrogen-bond donors (Lipinski definition) is 1. The van der Waals surface area contributed by atoms with Crippen LogP contribution in [0.25, 0.3) is 0 Å². The Morgan fingerprint density at radius 1 is 1.47 bits per heavy atom. The van der Waals surface area contributed by atoms with Crippen molar-refractivity contribution in [2.24, 2.45) is 5.73 Å². The SMILES string of the molecule is CN(C)CCOc1cccc2c1C[C@H](N)CO2. The predicted molar refractivity (Wildman–Crippen MR) is 67.7 cm³/mol. The second kappa shape index (κ2) is 5.38. The summed E-state index contributed by atoms with van der Waals surface area (Å²) in [5.74, 6) is 1.81. The Balaban J connectivity index is 2.06. The van der Waals surface area contributed by atoms with E-state index in [-0.39, 0.29) is 6.04 Å². The molecule has 1 aliphatic heterocycles. The summed E-state index contributed by atoms with van der Waals surface area (Å²) in [5.41, 5.74) is 7.01. The molecule has 0 aromatic heterocycles. The lowest BCUT2D eigenvalue weighted by molar-refractivity contribution is 0.239. The van der Waals surface area contributed by atoms with Gasteiger partial charge in [-0.15, -0.1) is 0 Å². The molecule has 94 valence electrons. The summed E-state index contributed by atoms with van der Waals surface area (Å²) in [6.45, 7) is 2.17. The molecule has 0 saturated heterocycles. The molecule has 17 heavy (non-hydrogen) atoms. The molecule has 1 aliphatic rings. The fraction of sp³-hybridized carbons (Fsp3) is 0.538. The average Bonchev–Trinajstić information content (AvgIpc) is 2.29. The maximum Gasteiger partial charge on any atom is 0.126 e. The Bertz CT molecular complexity index is 380. The molecule has 0 radical (unpaired) electrons. The number of nitrogens with two attached hydrogens (primary N) is 1. The van der Waals surface area contributed by atoms with Gasteiger partial charge >= 0.3 is 0 Å². The van der Waals surface area contributed by atoms with Gasteiger partial charge in [-0.2, -0.15) is 0 Å². The zero-order valence-corrected chi connectivity index (χ0v) is 10.5. The lowest BCUT2D eigenvalue weighted by Gasteiger charge is -2.24. The highest BCUT2D eigenvalue weighted by Crippen LogP contribution is 2.32. The lowest BCUT2D eigenvalue weighted by Crippen LogP contribution is -2.34. The molecule has 0 saturated carbocycles. The molecule has 1 atom stereocenters. The van der Waals surface area contributed by atoms with Crippen LogP contribution >= 0.6 is 0 Å². The van der Waals surface area contributed by atoms with Crippen LogP contribution < -0.4 is 15.2 Å². The van der Waals surface area contributed by atoms with Gasteiger partial charge in [-0.1, -0.05) is 6.07 Å². The highest BCUT2D eigenvalue weighted by atomic mass is 16.5. The Labute approximate surface area is 102 Å². The van der Waals surface area contributed by atoms with Gasteiger partial charge in [0.05, 0.1) is 0 Å². The van der Waals surface area contributed by atoms with Gasteiger partial charge in [-0.05, 0) is 32.6 Å². The van der Waals surface area contributed by atoms with Gasteiger partial charge in [0.1, 0.15) is 24.7 Å². The van der Waals surface area contributed by atoms with Crippen LogP contribution in [0.3, 0.4) is 0 Å². The Morgan fingerprint density at radius 3 is 3.06 bits per heavy atom. The minimum Gasteiger partial charge on any atom is -0.492 e. The summed E-state index contributed by atoms with van der Waals surface area (Å²) in [5, 5.41) is 0. The van der Waals surface area contributed by atoms with E-state index in [1.807, 2.05) is 32.3 Å². The summed E-state index contributed by atoms with van der Waals surface area (Å²) in [4.78, 5) is 2.09. The van der Waals surface area contributed by atoms with Gasteiger partial charge in [0, 0.05) is 18.2 Å². The van der Waals surface area contributed by atoms with Gasteiger partial charge in [0.25, 0.3) is 0 Å². The van der Waals surface area contributed by atoms with Gasteiger partial charge in [-0.3, -0.25) is 0 Å². The number of likely N-dealkylation sites (N-methyl/N-ethyl adjacent to an activating group) is 1. The number of ether oxygens (including phenoxy) is 2. The molecule has 0 spiro atoms. The van der Waals surface area contributed by atoms with Crippen molar-refractivity contribution in [3.8, 4) is 11.5 Å². The van der Waals surface area contributed by atoms with Crippen LogP contribution in [0.4, 0.5) is 0 Å². The Kier molecular flexibility index (Phi) is 3.86. The third kappa shape index (κ3) is 3.11. The summed E-state index contributed by atoms with van der Waals surface area (Å²) < 4.78 is 11.4. The number of fused-ring (bicyclic) bond motifs is 1. The molecule has 1 heterocycles. The summed E-state index contributed by atoms with van der Waals surface area (Å²) in [7, 11) is 4.06. The van der Waals surface area contributed by atoms with Crippen molar-refractivity contribution in [3.05, 3.63) is 23.8 Å². The molecular formula is C13H20N2O2. The van der Waals surface area contributed by atoms with Crippen LogP contribution in [-0.2, 0) is 6.42 Å². The van der Waals surface area contributed by atoms with Crippen LogP contribution in [0.5, 0.6) is 11.5 Å². The van der Waals surface area contributed by atoms with Crippen molar-refractivity contribution < 1.29 is 9.47 Å². The molecule has 4 heteroatoms. The van der Waals surface area contributed by atoms with Crippen LogP contribution in [0.1, 0.15) is 5.56 Å². The van der Waals surface area contributed by atoms with E-state index >= 15 is 0 Å². The molecule has 1 aromatic rings. The second-order valence-corrected chi connectivity index (χ2v) is 4.66. The van der Waals surface area contributed by atoms with E-state index in [4.69, 9.17) is 15.2 Å². The summed E-state index contributed by atoms with van der Waals surface area (Å²) >= 11 is 0. The van der Waals surface area contributed by atoms with E-state index < -0.39 is 0 Å². The molecule has 4 nitrogen and oxygen atoms in total. The third-order valence-corrected chi connectivity index (χ3v) is 2.81. The first-order valence-electron chi connectivity index (χ1n) is 5.94. The molecule has 1 aromatic carbocycles. The van der Waals surface area contributed by atoms with Crippen LogP contribution in [0, 0.1) is 0 Å². The molecular weight excluding hydrogens is 216 g/mol. The minimum atomic E-state index is 0.0705. The largest absolute Gasteiger partial charge is 0.492 e. The molecule has 0 fully saturated rings. The summed E-state index contributed by atoms with van der Waals surface area (Å²) in [6, 6.07) is 5.98. The fourth-order valence-electron chi connectivity index (χ4n) is 1.87. The van der Waals surface area contributed by atoms with Crippen LogP contribution in [0.2, 0.25) is 0 Å². The summed E-state index contributed by atoms with van der Waals surface area (Å²) in [6.07, 6.45) is 0.827. The van der Waals surface area contributed by atoms with Crippen molar-refractivity contribution >= 4 is 0 Å². The van der Waals surface area contributed by atoms with Gasteiger partial charge < -0.3 is 20.1 Å². The number of nitrogens with zero attached hydrogens (tertiary/aromatic N) is 1. The van der Waals surface area contributed by atoms with E-state index in [9.17, 15) is 0 Å². The highest BCUT2D eigenvalue weighted by Gasteiger charge is 2.20. The van der Waals surface area contributed by atoms with Gasteiger partial charge in [0.2, 0.25) is 0 Å². The lowest BCUT2D eigenvalue weighted by atomic mass is 10.0. The first-order valence-corrected chi connectivity index (χ1v) is 5.94. The standard InChI is InChI=1S/C13H20N2O2/c1-15(2)6-7-16-12-4-3-5-13-11(12)8-10(14)9-17-13/h3-5,10H,6-9,14H2,1-2H3/t10-/m0/s1. The third-order valence-electron chi connectivity index (χ3n) is 2.81. The molecule has 0 bridgehead atoms. The Morgan fingerprint density at radius 2 is 2.29 bits per heavy atom. The zero-order valence-electron chi connectivity index (χ0n) is 10.5. The van der Waals surface area contributed by atoms with Gasteiger partial charge in [0.15, 0.2) is 0 Å². The first kappa shape index (κ1) is 12.2. The Hall–Kier alpha value is -1.26. The topological polar surface area (TPSA) is 47.7 Å². The van der Waals surface area contributed by atoms with E-state index in [1.54, 1.807) is 0 Å². The normalized spacial score (nSPS) is 18.7. The zero-order chi connectivity index (χ0) is 12.3. The quantitative estimate of drug-likeness (QED) is 0.843. The maximum absolute atomic E-state index is 5.91. The van der Waals surface area contributed by atoms with E-state index in [1.165, 1.54) is 0 Å². The van der Waals surface area contributed by atoms with Crippen molar-refractivity contribution in [2.45, 2.75) is 12.5 Å². The van der Waals surface area contributed by atoms with E-state index in [0.29, 0.717) is 13.2 Å². The highest BCUT2D eigenvalue weighted by molar-refractivity contribution is 5.46. The monoisotopic (exact) mass is 236 g/mol. The van der Waals surface area contributed by atoms with Crippen molar-refractivity contribution in [1.82, 2.24) is 4.90 Å². The molecule has 0 amide bonds. The smallest absolute Gasteiger partial charge is 0.126 e. The van der Waals surface area contributed by atoms with Crippen molar-refractivity contribution in [3.63, 3.8) is 0 Å². The number of hydrogen-bond acceptors (Lipinski definition) is 4. The molecule has 2 N–H and O–H groups in total. The predicted octanol–water partition coefficient (Wildman–Crippen LogP) is 0.889. The van der Waals surface area contributed by atoms with Gasteiger partial charge in [-0.25, -0.2) is 0 Å². The minimum absolute atomic E-state index is 0.0705. The molecule has 2 rings (SSSR count). The molecule has 0 unspecified atom stereocenters. The first-order chi connectivity index (χ1) is 8.16. The van der Waals surface area contributed by atoms with Crippen molar-refractivity contribution in [2.75, 3.05) is 33.9 Å². The number of rotatable bonds is 4. The average molecular weight is 236 g/mol. The van der Waals surface area contributed by atoms with E-state index in [2.05, 4.69) is 4.90 Å². The van der Waals surface area contributed by atoms with Crippen molar-refractivity contribution in [1.29, 1.82) is 0 Å². The number of benzene rings is 1. The molecule has 0 aliphatic carbocycles. The second-order valence-electron chi connectivity index (χ2n) is 4.66. The van der Waals surface area contributed by atoms with E-state index in [0.717, 1.165) is 30.0 Å². The van der Waals surface area contributed by atoms with Crippen LogP contribution in [0.15, 0.2) is 18.2 Å². The maximum atomic E-state index is 5.91.